The minimum Gasteiger partial charge on any atom is -0.463 e. The molecule has 0 fully saturated rings. The number of aliphatic hydroxyl groups is 1. The highest BCUT2D eigenvalue weighted by Crippen LogP contribution is 2.13. The van der Waals surface area contributed by atoms with E-state index in [-0.39, 0.29) is 18.6 Å². The maximum atomic E-state index is 8.72. The number of hydrogen-bond acceptors (Lipinski definition) is 7. The third-order valence-electron chi connectivity index (χ3n) is 2.10. The minimum absolute atomic E-state index is 0.0746. The third-order valence-corrected chi connectivity index (χ3v) is 2.10. The van der Waals surface area contributed by atoms with E-state index in [4.69, 9.17) is 14.6 Å². The molecule has 0 atom stereocenters. The van der Waals surface area contributed by atoms with E-state index in [2.05, 4.69) is 27.2 Å². The van der Waals surface area contributed by atoms with Gasteiger partial charge in [0.25, 0.3) is 0 Å². The molecule has 0 aliphatic heterocycles. The summed E-state index contributed by atoms with van der Waals surface area (Å²) < 4.78 is 10.7. The van der Waals surface area contributed by atoms with Gasteiger partial charge in [0.05, 0.1) is 13.2 Å². The van der Waals surface area contributed by atoms with Crippen LogP contribution in [0.2, 0.25) is 0 Å². The molecule has 2 N–H and O–H groups in total. The molecule has 1 aromatic heterocycles. The van der Waals surface area contributed by atoms with Gasteiger partial charge in [-0.2, -0.15) is 9.97 Å². The van der Waals surface area contributed by atoms with Crippen molar-refractivity contribution in [2.75, 3.05) is 31.7 Å². The summed E-state index contributed by atoms with van der Waals surface area (Å²) in [6, 6.07) is 0.475. The van der Waals surface area contributed by atoms with Gasteiger partial charge in [-0.25, -0.2) is 0 Å². The summed E-state index contributed by atoms with van der Waals surface area (Å²) in [5.74, 6) is 0.446. The zero-order valence-corrected chi connectivity index (χ0v) is 11.6. The summed E-state index contributed by atoms with van der Waals surface area (Å²) in [6.45, 7) is 5.82. The summed E-state index contributed by atoms with van der Waals surface area (Å²) >= 11 is 0. The normalized spacial score (nSPS) is 10.3. The van der Waals surface area contributed by atoms with E-state index in [1.165, 1.54) is 0 Å². The van der Waals surface area contributed by atoms with E-state index in [9.17, 15) is 0 Å². The lowest BCUT2D eigenvalue weighted by Crippen LogP contribution is -2.11. The van der Waals surface area contributed by atoms with Crippen LogP contribution in [-0.2, 0) is 0 Å². The molecule has 0 amide bonds. The SMILES string of the molecule is CCCNc1nc(OCCC)nc(OCCCO)n1. The Bertz CT molecular complexity index is 337. The van der Waals surface area contributed by atoms with Crippen LogP contribution >= 0.6 is 0 Å². The molecule has 0 radical (unpaired) electrons. The quantitative estimate of drug-likeness (QED) is 0.618. The Morgan fingerprint density at radius 3 is 2.26 bits per heavy atom. The summed E-state index contributed by atoms with van der Waals surface area (Å²) in [6.07, 6.45) is 2.39. The molecule has 0 aromatic carbocycles. The van der Waals surface area contributed by atoms with Crippen LogP contribution in [0.3, 0.4) is 0 Å². The van der Waals surface area contributed by atoms with E-state index in [1.54, 1.807) is 0 Å². The molecular weight excluding hydrogens is 248 g/mol. The topological polar surface area (TPSA) is 89.4 Å². The Kier molecular flexibility index (Phi) is 7.57. The van der Waals surface area contributed by atoms with Gasteiger partial charge >= 0.3 is 12.0 Å². The average molecular weight is 270 g/mol. The van der Waals surface area contributed by atoms with Crippen molar-refractivity contribution in [1.82, 2.24) is 15.0 Å². The maximum absolute atomic E-state index is 8.72. The molecule has 1 rings (SSSR count). The Balaban J connectivity index is 2.70. The second kappa shape index (κ2) is 9.32. The highest BCUT2D eigenvalue weighted by atomic mass is 16.5. The van der Waals surface area contributed by atoms with Crippen LogP contribution in [0.15, 0.2) is 0 Å². The fourth-order valence-corrected chi connectivity index (χ4v) is 1.20. The van der Waals surface area contributed by atoms with Crippen molar-refractivity contribution < 1.29 is 14.6 Å². The Labute approximate surface area is 113 Å². The van der Waals surface area contributed by atoms with Gasteiger partial charge in [-0.05, 0) is 12.8 Å². The molecule has 0 spiro atoms. The first-order chi connectivity index (χ1) is 9.30. The maximum Gasteiger partial charge on any atom is 0.324 e. The minimum atomic E-state index is 0.0746. The Hall–Kier alpha value is -1.63. The van der Waals surface area contributed by atoms with Crippen molar-refractivity contribution in [3.63, 3.8) is 0 Å². The molecule has 7 nitrogen and oxygen atoms in total. The van der Waals surface area contributed by atoms with Crippen LogP contribution in [0, 0.1) is 0 Å². The van der Waals surface area contributed by atoms with E-state index < -0.39 is 0 Å². The third kappa shape index (κ3) is 6.19. The van der Waals surface area contributed by atoms with Crippen molar-refractivity contribution in [3.8, 4) is 12.0 Å². The van der Waals surface area contributed by atoms with Gasteiger partial charge in [-0.3, -0.25) is 0 Å². The highest BCUT2D eigenvalue weighted by Gasteiger charge is 2.08. The molecule has 0 saturated carbocycles. The van der Waals surface area contributed by atoms with Gasteiger partial charge in [0.15, 0.2) is 0 Å². The summed E-state index contributed by atoms with van der Waals surface area (Å²) in [5, 5.41) is 11.8. The molecule has 1 aromatic rings. The van der Waals surface area contributed by atoms with Crippen molar-refractivity contribution >= 4 is 5.95 Å². The summed E-state index contributed by atoms with van der Waals surface area (Å²) in [7, 11) is 0. The molecule has 0 aliphatic carbocycles. The number of rotatable bonds is 10. The first-order valence-electron chi connectivity index (χ1n) is 6.66. The summed E-state index contributed by atoms with van der Waals surface area (Å²) in [4.78, 5) is 12.3. The first kappa shape index (κ1) is 15.4. The molecular formula is C12H22N4O3. The van der Waals surface area contributed by atoms with Crippen LogP contribution < -0.4 is 14.8 Å². The van der Waals surface area contributed by atoms with Crippen LogP contribution in [0.1, 0.15) is 33.1 Å². The van der Waals surface area contributed by atoms with Crippen LogP contribution in [0.4, 0.5) is 5.95 Å². The number of ether oxygens (including phenoxy) is 2. The number of nitrogens with one attached hydrogen (secondary N) is 1. The standard InChI is InChI=1S/C12H22N4O3/c1-3-6-13-10-14-11(18-8-4-2)16-12(15-10)19-9-5-7-17/h17H,3-9H2,1-2H3,(H,13,14,15,16). The predicted octanol–water partition coefficient (Wildman–Crippen LogP) is 1.24. The summed E-state index contributed by atoms with van der Waals surface area (Å²) in [5.41, 5.74) is 0. The van der Waals surface area contributed by atoms with Crippen molar-refractivity contribution in [1.29, 1.82) is 0 Å². The van der Waals surface area contributed by atoms with Gasteiger partial charge < -0.3 is 19.9 Å². The van der Waals surface area contributed by atoms with Gasteiger partial charge in [-0.1, -0.05) is 13.8 Å². The van der Waals surface area contributed by atoms with Crippen molar-refractivity contribution in [2.24, 2.45) is 0 Å². The second-order valence-electron chi connectivity index (χ2n) is 3.93. The van der Waals surface area contributed by atoms with Gasteiger partial charge in [0.2, 0.25) is 5.95 Å². The largest absolute Gasteiger partial charge is 0.463 e. The van der Waals surface area contributed by atoms with Gasteiger partial charge in [0.1, 0.15) is 0 Å². The molecule has 0 bridgehead atoms. The fraction of sp³-hybridized carbons (Fsp3) is 0.750. The Morgan fingerprint density at radius 1 is 1.00 bits per heavy atom. The smallest absolute Gasteiger partial charge is 0.324 e. The van der Waals surface area contributed by atoms with Crippen molar-refractivity contribution in [3.05, 3.63) is 0 Å². The Morgan fingerprint density at radius 2 is 1.68 bits per heavy atom. The number of aliphatic hydroxyl groups excluding tert-OH is 1. The molecule has 1 heterocycles. The zero-order valence-electron chi connectivity index (χ0n) is 11.6. The van der Waals surface area contributed by atoms with Crippen molar-refractivity contribution in [2.45, 2.75) is 33.1 Å². The number of hydrogen-bond donors (Lipinski definition) is 2. The molecule has 108 valence electrons. The lowest BCUT2D eigenvalue weighted by molar-refractivity contribution is 0.219. The monoisotopic (exact) mass is 270 g/mol. The van der Waals surface area contributed by atoms with E-state index in [0.29, 0.717) is 25.6 Å². The molecule has 7 heteroatoms. The highest BCUT2D eigenvalue weighted by molar-refractivity contribution is 5.27. The van der Waals surface area contributed by atoms with Crippen LogP contribution in [0.5, 0.6) is 12.0 Å². The first-order valence-corrected chi connectivity index (χ1v) is 6.66. The van der Waals surface area contributed by atoms with Gasteiger partial charge in [-0.15, -0.1) is 4.98 Å². The molecule has 0 unspecified atom stereocenters. The lowest BCUT2D eigenvalue weighted by atomic mass is 10.5. The average Bonchev–Trinajstić information content (AvgIpc) is 2.43. The van der Waals surface area contributed by atoms with Gasteiger partial charge in [0, 0.05) is 19.6 Å². The van der Waals surface area contributed by atoms with E-state index in [0.717, 1.165) is 19.4 Å². The number of anilines is 1. The second-order valence-corrected chi connectivity index (χ2v) is 3.93. The van der Waals surface area contributed by atoms with E-state index >= 15 is 0 Å². The predicted molar refractivity (Wildman–Crippen MR) is 71.6 cm³/mol. The van der Waals surface area contributed by atoms with Crippen LogP contribution in [-0.4, -0.2) is 46.4 Å². The van der Waals surface area contributed by atoms with Crippen LogP contribution in [0.25, 0.3) is 0 Å². The molecule has 0 aliphatic rings. The molecule has 0 saturated heterocycles. The van der Waals surface area contributed by atoms with E-state index in [1.807, 2.05) is 6.92 Å². The molecule has 19 heavy (non-hydrogen) atoms. The number of aromatic nitrogens is 3. The zero-order chi connectivity index (χ0) is 13.9. The fourth-order valence-electron chi connectivity index (χ4n) is 1.20. The lowest BCUT2D eigenvalue weighted by Gasteiger charge is -2.09. The number of nitrogens with zero attached hydrogens (tertiary/aromatic N) is 3.